The first-order valence-corrected chi connectivity index (χ1v) is 11.8. The molecule has 1 N–H and O–H groups in total. The van der Waals surface area contributed by atoms with E-state index in [-0.39, 0.29) is 37.0 Å². The molecule has 0 radical (unpaired) electrons. The highest BCUT2D eigenvalue weighted by molar-refractivity contribution is 7.89. The maximum atomic E-state index is 13.3. The summed E-state index contributed by atoms with van der Waals surface area (Å²) < 4.78 is 66.7. The van der Waals surface area contributed by atoms with Gasteiger partial charge in [0.2, 0.25) is 15.9 Å². The normalized spacial score (nSPS) is 17.0. The minimum absolute atomic E-state index is 0.00554. The second kappa shape index (κ2) is 9.50. The van der Waals surface area contributed by atoms with Crippen LogP contribution in [-0.4, -0.2) is 43.8 Å². The van der Waals surface area contributed by atoms with Gasteiger partial charge in [0.15, 0.2) is 0 Å². The molecule has 2 aromatic carbocycles. The zero-order chi connectivity index (χ0) is 23.4. The fourth-order valence-corrected chi connectivity index (χ4v) is 5.00. The van der Waals surface area contributed by atoms with Crippen molar-refractivity contribution in [2.75, 3.05) is 18.8 Å². The summed E-state index contributed by atoms with van der Waals surface area (Å²) in [6.07, 6.45) is -4.10. The van der Waals surface area contributed by atoms with Gasteiger partial charge in [0.1, 0.15) is 5.75 Å². The molecule has 1 amide bonds. The molecule has 0 spiro atoms. The third-order valence-electron chi connectivity index (χ3n) is 5.71. The summed E-state index contributed by atoms with van der Waals surface area (Å²) in [7, 11) is -3.34. The molecule has 0 aromatic heterocycles. The SMILES string of the molecule is CCS(=O)(=O)N1CCC(C(=O)NCc2ccc(OC(F)(F)F)cc2)(c2ccccc2)CC1. The molecule has 3 rings (SSSR count). The van der Waals surface area contributed by atoms with Gasteiger partial charge < -0.3 is 10.1 Å². The zero-order valence-corrected chi connectivity index (χ0v) is 18.4. The molecule has 6 nitrogen and oxygen atoms in total. The molecule has 1 aliphatic heterocycles. The third-order valence-corrected chi connectivity index (χ3v) is 7.59. The second-order valence-electron chi connectivity index (χ2n) is 7.62. The highest BCUT2D eigenvalue weighted by Gasteiger charge is 2.44. The summed E-state index contributed by atoms with van der Waals surface area (Å²) in [6.45, 7) is 2.19. The predicted molar refractivity (Wildman–Crippen MR) is 113 cm³/mol. The summed E-state index contributed by atoms with van der Waals surface area (Å²) in [5, 5.41) is 2.87. The van der Waals surface area contributed by atoms with Crippen molar-refractivity contribution in [3.63, 3.8) is 0 Å². The Morgan fingerprint density at radius 3 is 2.19 bits per heavy atom. The Morgan fingerprint density at radius 2 is 1.66 bits per heavy atom. The standard InChI is InChI=1S/C22H25F3N2O4S/c1-2-32(29,30)27-14-12-21(13-15-27,18-6-4-3-5-7-18)20(28)26-16-17-8-10-19(11-9-17)31-22(23,24)25/h3-11H,2,12-16H2,1H3,(H,26,28). The number of sulfonamides is 1. The molecule has 0 atom stereocenters. The molecule has 0 bridgehead atoms. The number of nitrogens with one attached hydrogen (secondary N) is 1. The summed E-state index contributed by atoms with van der Waals surface area (Å²) >= 11 is 0. The summed E-state index contributed by atoms with van der Waals surface area (Å²) in [6, 6.07) is 14.5. The number of amides is 1. The number of hydrogen-bond acceptors (Lipinski definition) is 4. The Bertz CT molecular complexity index is 1020. The molecule has 1 fully saturated rings. The van der Waals surface area contributed by atoms with Crippen molar-refractivity contribution in [3.05, 3.63) is 65.7 Å². The Hall–Kier alpha value is -2.59. The van der Waals surface area contributed by atoms with Gasteiger partial charge in [-0.1, -0.05) is 42.5 Å². The number of alkyl halides is 3. The Morgan fingerprint density at radius 1 is 1.06 bits per heavy atom. The number of hydrogen-bond donors (Lipinski definition) is 1. The van der Waals surface area contributed by atoms with Crippen LogP contribution in [0.1, 0.15) is 30.9 Å². The van der Waals surface area contributed by atoms with E-state index in [9.17, 15) is 26.4 Å². The molecule has 2 aromatic rings. The largest absolute Gasteiger partial charge is 0.573 e. The summed E-state index contributed by atoms with van der Waals surface area (Å²) in [5.41, 5.74) is 0.530. The van der Waals surface area contributed by atoms with Crippen LogP contribution < -0.4 is 10.1 Å². The van der Waals surface area contributed by atoms with Crippen LogP contribution in [0.25, 0.3) is 0 Å². The number of carbonyl (C=O) groups excluding carboxylic acids is 1. The minimum atomic E-state index is -4.77. The van der Waals surface area contributed by atoms with E-state index in [1.54, 1.807) is 6.92 Å². The molecule has 174 valence electrons. The minimum Gasteiger partial charge on any atom is -0.406 e. The van der Waals surface area contributed by atoms with Crippen LogP contribution in [0, 0.1) is 0 Å². The van der Waals surface area contributed by atoms with Gasteiger partial charge in [0, 0.05) is 19.6 Å². The van der Waals surface area contributed by atoms with Crippen molar-refractivity contribution in [1.82, 2.24) is 9.62 Å². The molecule has 32 heavy (non-hydrogen) atoms. The van der Waals surface area contributed by atoms with Crippen molar-refractivity contribution in [2.45, 2.75) is 38.1 Å². The third kappa shape index (κ3) is 5.60. The highest BCUT2D eigenvalue weighted by atomic mass is 32.2. The molecule has 0 saturated carbocycles. The van der Waals surface area contributed by atoms with Gasteiger partial charge in [0.25, 0.3) is 0 Å². The van der Waals surface area contributed by atoms with Crippen LogP contribution >= 0.6 is 0 Å². The van der Waals surface area contributed by atoms with E-state index in [1.807, 2.05) is 30.3 Å². The maximum absolute atomic E-state index is 13.3. The number of rotatable bonds is 7. The predicted octanol–water partition coefficient (Wildman–Crippen LogP) is 3.58. The van der Waals surface area contributed by atoms with E-state index >= 15 is 0 Å². The van der Waals surface area contributed by atoms with Gasteiger partial charge in [-0.15, -0.1) is 13.2 Å². The Kier molecular flexibility index (Phi) is 7.14. The van der Waals surface area contributed by atoms with Crippen molar-refractivity contribution < 1.29 is 31.1 Å². The lowest BCUT2D eigenvalue weighted by molar-refractivity contribution is -0.274. The lowest BCUT2D eigenvalue weighted by Crippen LogP contribution is -2.52. The zero-order valence-electron chi connectivity index (χ0n) is 17.6. The van der Waals surface area contributed by atoms with E-state index < -0.39 is 21.8 Å². The van der Waals surface area contributed by atoms with Gasteiger partial charge in [-0.3, -0.25) is 4.79 Å². The van der Waals surface area contributed by atoms with Crippen LogP contribution in [0.5, 0.6) is 5.75 Å². The highest BCUT2D eigenvalue weighted by Crippen LogP contribution is 2.37. The average molecular weight is 471 g/mol. The lowest BCUT2D eigenvalue weighted by atomic mass is 9.72. The molecule has 10 heteroatoms. The summed E-state index contributed by atoms with van der Waals surface area (Å²) in [5.74, 6) is -0.573. The molecule has 1 heterocycles. The first-order valence-electron chi connectivity index (χ1n) is 10.2. The summed E-state index contributed by atoms with van der Waals surface area (Å²) in [4.78, 5) is 13.3. The smallest absolute Gasteiger partial charge is 0.406 e. The van der Waals surface area contributed by atoms with Gasteiger partial charge in [-0.05, 0) is 43.0 Å². The Balaban J connectivity index is 1.73. The van der Waals surface area contributed by atoms with Gasteiger partial charge in [-0.25, -0.2) is 12.7 Å². The van der Waals surface area contributed by atoms with Crippen molar-refractivity contribution in [1.29, 1.82) is 0 Å². The van der Waals surface area contributed by atoms with Crippen molar-refractivity contribution in [2.24, 2.45) is 0 Å². The van der Waals surface area contributed by atoms with Crippen LogP contribution in [0.3, 0.4) is 0 Å². The van der Waals surface area contributed by atoms with Crippen LogP contribution in [0.2, 0.25) is 0 Å². The number of nitrogens with zero attached hydrogens (tertiary/aromatic N) is 1. The average Bonchev–Trinajstić information content (AvgIpc) is 2.78. The van der Waals surface area contributed by atoms with E-state index in [1.165, 1.54) is 28.6 Å². The first-order chi connectivity index (χ1) is 15.1. The molecular formula is C22H25F3N2O4S. The number of ether oxygens (including phenoxy) is 1. The molecule has 1 aliphatic rings. The fraction of sp³-hybridized carbons (Fsp3) is 0.409. The van der Waals surface area contributed by atoms with Crippen LogP contribution in [0.15, 0.2) is 54.6 Å². The van der Waals surface area contributed by atoms with Gasteiger partial charge in [0.05, 0.1) is 11.2 Å². The van der Waals surface area contributed by atoms with E-state index in [0.717, 1.165) is 5.56 Å². The van der Waals surface area contributed by atoms with Gasteiger partial charge in [-0.2, -0.15) is 0 Å². The number of piperidine rings is 1. The van der Waals surface area contributed by atoms with Crippen molar-refractivity contribution in [3.8, 4) is 5.75 Å². The molecular weight excluding hydrogens is 445 g/mol. The number of halogens is 3. The molecule has 0 unspecified atom stereocenters. The van der Waals surface area contributed by atoms with Gasteiger partial charge >= 0.3 is 6.36 Å². The van der Waals surface area contributed by atoms with Crippen LogP contribution in [-0.2, 0) is 26.8 Å². The van der Waals surface area contributed by atoms with E-state index in [2.05, 4.69) is 10.1 Å². The number of benzene rings is 2. The first kappa shape index (κ1) is 24.1. The van der Waals surface area contributed by atoms with E-state index in [0.29, 0.717) is 18.4 Å². The maximum Gasteiger partial charge on any atom is 0.573 e. The Labute approximate surface area is 185 Å². The monoisotopic (exact) mass is 470 g/mol. The fourth-order valence-electron chi connectivity index (χ4n) is 3.89. The lowest BCUT2D eigenvalue weighted by Gasteiger charge is -2.40. The quantitative estimate of drug-likeness (QED) is 0.671. The second-order valence-corrected chi connectivity index (χ2v) is 9.88. The van der Waals surface area contributed by atoms with Crippen molar-refractivity contribution >= 4 is 15.9 Å². The molecule has 1 saturated heterocycles. The topological polar surface area (TPSA) is 75.7 Å². The number of carbonyl (C=O) groups is 1. The van der Waals surface area contributed by atoms with Crippen LogP contribution in [0.4, 0.5) is 13.2 Å². The van der Waals surface area contributed by atoms with E-state index in [4.69, 9.17) is 0 Å². The molecule has 0 aliphatic carbocycles.